The van der Waals surface area contributed by atoms with Crippen LogP contribution in [0.15, 0.2) is 80.7 Å². The average Bonchev–Trinajstić information content (AvgIpc) is 3.25. The number of rotatable bonds is 4. The molecule has 1 saturated heterocycles. The number of carbonyl (C=O) groups is 1. The van der Waals surface area contributed by atoms with Crippen LogP contribution in [0.1, 0.15) is 25.0 Å². The largest absolute Gasteiger partial charge is 0.303 e. The molecule has 4 nitrogen and oxygen atoms in total. The predicted octanol–water partition coefficient (Wildman–Crippen LogP) is 5.08. The van der Waals surface area contributed by atoms with Gasteiger partial charge in [-0.3, -0.25) is 4.79 Å². The fraction of sp³-hybridized carbons (Fsp3) is 0.190. The molecular formula is C21H19N3OS3. The van der Waals surface area contributed by atoms with Crippen molar-refractivity contribution in [2.75, 3.05) is 0 Å². The Bertz CT molecular complexity index is 915. The Labute approximate surface area is 177 Å². The van der Waals surface area contributed by atoms with E-state index in [2.05, 4.69) is 29.4 Å². The molecule has 7 heteroatoms. The zero-order valence-electron chi connectivity index (χ0n) is 15.5. The first kappa shape index (κ1) is 19.4. The summed E-state index contributed by atoms with van der Waals surface area (Å²) in [6.45, 7) is 4.21. The standard InChI is InChI=1S/C21H19N3OS3/c1-13-14(2)27-20(26-13)18-19(25)22-21(28-18)24-23-17(15-9-5-3-6-10-15)16-11-7-4-8-12-16/h3-12,18,20H,1-2H3,(H,22,24,25). The van der Waals surface area contributed by atoms with Gasteiger partial charge in [0.25, 0.3) is 0 Å². The lowest BCUT2D eigenvalue weighted by Crippen LogP contribution is -2.29. The fourth-order valence-corrected chi connectivity index (χ4v) is 7.14. The SMILES string of the molecule is CC1=C(C)SC(C2S/C(=N\N=C(c3ccccc3)c3ccccc3)NC2=O)S1. The summed E-state index contributed by atoms with van der Waals surface area (Å²) in [7, 11) is 0. The van der Waals surface area contributed by atoms with Crippen molar-refractivity contribution in [3.63, 3.8) is 0 Å². The van der Waals surface area contributed by atoms with Crippen LogP contribution in [-0.2, 0) is 4.79 Å². The van der Waals surface area contributed by atoms with Gasteiger partial charge in [-0.2, -0.15) is 0 Å². The lowest BCUT2D eigenvalue weighted by Gasteiger charge is -2.12. The lowest BCUT2D eigenvalue weighted by atomic mass is 10.0. The van der Waals surface area contributed by atoms with E-state index in [1.807, 2.05) is 60.7 Å². The Morgan fingerprint density at radius 2 is 1.39 bits per heavy atom. The minimum Gasteiger partial charge on any atom is -0.303 e. The first-order valence-corrected chi connectivity index (χ1v) is 11.5. The Morgan fingerprint density at radius 1 is 0.857 bits per heavy atom. The summed E-state index contributed by atoms with van der Waals surface area (Å²) in [5.41, 5.74) is 2.76. The van der Waals surface area contributed by atoms with Crippen molar-refractivity contribution in [1.82, 2.24) is 5.32 Å². The molecule has 28 heavy (non-hydrogen) atoms. The average molecular weight is 426 g/mol. The van der Waals surface area contributed by atoms with Gasteiger partial charge in [0.05, 0.1) is 4.58 Å². The number of hydrogen-bond acceptors (Lipinski definition) is 6. The van der Waals surface area contributed by atoms with Crippen LogP contribution in [0, 0.1) is 0 Å². The number of hydrogen-bond donors (Lipinski definition) is 1. The van der Waals surface area contributed by atoms with Crippen LogP contribution in [0.25, 0.3) is 0 Å². The van der Waals surface area contributed by atoms with Crippen molar-refractivity contribution in [2.45, 2.75) is 23.7 Å². The van der Waals surface area contributed by atoms with E-state index in [0.717, 1.165) is 16.8 Å². The van der Waals surface area contributed by atoms with Crippen molar-refractivity contribution in [3.05, 3.63) is 81.6 Å². The number of carbonyl (C=O) groups excluding carboxylic acids is 1. The van der Waals surface area contributed by atoms with Gasteiger partial charge in [-0.05, 0) is 23.7 Å². The Kier molecular flexibility index (Phi) is 5.94. The number of amides is 1. The lowest BCUT2D eigenvalue weighted by molar-refractivity contribution is -0.118. The summed E-state index contributed by atoms with van der Waals surface area (Å²) in [6, 6.07) is 19.9. The summed E-state index contributed by atoms with van der Waals surface area (Å²) in [5, 5.41) is 12.2. The number of nitrogens with zero attached hydrogens (tertiary/aromatic N) is 2. The van der Waals surface area contributed by atoms with E-state index in [1.54, 1.807) is 23.5 Å². The molecule has 1 fully saturated rings. The van der Waals surface area contributed by atoms with Crippen LogP contribution in [0.5, 0.6) is 0 Å². The Morgan fingerprint density at radius 3 is 1.93 bits per heavy atom. The molecule has 1 amide bonds. The number of nitrogens with one attached hydrogen (secondary N) is 1. The van der Waals surface area contributed by atoms with Gasteiger partial charge in [-0.15, -0.1) is 33.7 Å². The number of amidine groups is 1. The maximum Gasteiger partial charge on any atom is 0.241 e. The normalized spacial score (nSPS) is 21.3. The van der Waals surface area contributed by atoms with E-state index in [4.69, 9.17) is 0 Å². The van der Waals surface area contributed by atoms with Gasteiger partial charge < -0.3 is 5.32 Å². The molecule has 2 heterocycles. The predicted molar refractivity (Wildman–Crippen MR) is 123 cm³/mol. The quantitative estimate of drug-likeness (QED) is 0.548. The summed E-state index contributed by atoms with van der Waals surface area (Å²) in [4.78, 5) is 15.1. The molecule has 0 spiro atoms. The molecule has 1 N–H and O–H groups in total. The molecule has 0 aromatic heterocycles. The van der Waals surface area contributed by atoms with Crippen molar-refractivity contribution < 1.29 is 4.79 Å². The van der Waals surface area contributed by atoms with E-state index in [-0.39, 0.29) is 15.7 Å². The van der Waals surface area contributed by atoms with E-state index in [9.17, 15) is 4.79 Å². The molecule has 2 aromatic carbocycles. The van der Waals surface area contributed by atoms with Gasteiger partial charge in [0, 0.05) is 11.1 Å². The van der Waals surface area contributed by atoms with Gasteiger partial charge >= 0.3 is 0 Å². The van der Waals surface area contributed by atoms with E-state index in [1.165, 1.54) is 21.6 Å². The summed E-state index contributed by atoms with van der Waals surface area (Å²) in [6.07, 6.45) is 0. The van der Waals surface area contributed by atoms with Crippen molar-refractivity contribution in [2.24, 2.45) is 10.2 Å². The highest BCUT2D eigenvalue weighted by Gasteiger charge is 2.40. The highest BCUT2D eigenvalue weighted by molar-refractivity contribution is 8.25. The van der Waals surface area contributed by atoms with E-state index >= 15 is 0 Å². The summed E-state index contributed by atoms with van der Waals surface area (Å²) >= 11 is 5.00. The maximum absolute atomic E-state index is 12.5. The zero-order chi connectivity index (χ0) is 19.5. The zero-order valence-corrected chi connectivity index (χ0v) is 17.9. The van der Waals surface area contributed by atoms with E-state index < -0.39 is 0 Å². The topological polar surface area (TPSA) is 53.8 Å². The third-order valence-electron chi connectivity index (χ3n) is 4.39. The van der Waals surface area contributed by atoms with Crippen LogP contribution in [-0.4, -0.2) is 26.6 Å². The number of allylic oxidation sites excluding steroid dienone is 2. The third-order valence-corrected chi connectivity index (χ3v) is 8.92. The van der Waals surface area contributed by atoms with Crippen molar-refractivity contribution in [1.29, 1.82) is 0 Å². The highest BCUT2D eigenvalue weighted by atomic mass is 32.2. The van der Waals surface area contributed by atoms with Crippen LogP contribution >= 0.6 is 35.3 Å². The molecule has 0 radical (unpaired) electrons. The van der Waals surface area contributed by atoms with Crippen LogP contribution < -0.4 is 5.32 Å². The molecule has 2 aliphatic heterocycles. The molecule has 2 aliphatic rings. The van der Waals surface area contributed by atoms with Gasteiger partial charge in [-0.25, -0.2) is 0 Å². The Balaban J connectivity index is 1.58. The first-order valence-electron chi connectivity index (χ1n) is 8.86. The smallest absolute Gasteiger partial charge is 0.241 e. The van der Waals surface area contributed by atoms with Gasteiger partial charge in [0.2, 0.25) is 5.91 Å². The minimum atomic E-state index is -0.159. The number of benzene rings is 2. The second-order valence-electron chi connectivity index (χ2n) is 6.33. The molecule has 4 rings (SSSR count). The molecule has 1 unspecified atom stereocenters. The molecule has 0 saturated carbocycles. The van der Waals surface area contributed by atoms with Gasteiger partial charge in [0.1, 0.15) is 11.0 Å². The van der Waals surface area contributed by atoms with Crippen molar-refractivity contribution >= 4 is 52.1 Å². The molecule has 0 aliphatic carbocycles. The summed E-state index contributed by atoms with van der Waals surface area (Å²) in [5.74, 6) is 0.00687. The fourth-order valence-electron chi connectivity index (χ4n) is 2.84. The first-order chi connectivity index (χ1) is 13.6. The molecule has 2 aromatic rings. The molecular weight excluding hydrogens is 406 g/mol. The summed E-state index contributed by atoms with van der Waals surface area (Å²) < 4.78 is 0.185. The number of thioether (sulfide) groups is 3. The monoisotopic (exact) mass is 425 g/mol. The van der Waals surface area contributed by atoms with E-state index in [0.29, 0.717) is 5.17 Å². The minimum absolute atomic E-state index is 0.00687. The second kappa shape index (κ2) is 8.59. The molecule has 0 bridgehead atoms. The third kappa shape index (κ3) is 4.21. The molecule has 1 atom stereocenters. The van der Waals surface area contributed by atoms with Crippen molar-refractivity contribution in [3.8, 4) is 0 Å². The Hall–Kier alpha value is -1.96. The van der Waals surface area contributed by atoms with Crippen LogP contribution in [0.3, 0.4) is 0 Å². The maximum atomic E-state index is 12.5. The highest BCUT2D eigenvalue weighted by Crippen LogP contribution is 2.50. The van der Waals surface area contributed by atoms with Gasteiger partial charge in [-0.1, -0.05) is 72.4 Å². The van der Waals surface area contributed by atoms with Crippen LogP contribution in [0.4, 0.5) is 0 Å². The van der Waals surface area contributed by atoms with Crippen LogP contribution in [0.2, 0.25) is 0 Å². The molecule has 142 valence electrons. The van der Waals surface area contributed by atoms with Gasteiger partial charge in [0.15, 0.2) is 5.17 Å². The second-order valence-corrected chi connectivity index (χ2v) is 10.5.